The number of rotatable bonds is 7. The number of methoxy groups -OCH3 is 1. The van der Waals surface area contributed by atoms with E-state index in [1.165, 1.54) is 7.11 Å². The molecule has 0 saturated heterocycles. The standard InChI is InChI=1S/C23H19BrN2O5S/c1-3-30-23(28)20-21(27)19(32-22(20)26-15-7-5-4-6-8-15)12-14-11-17(29-2)18(13-16(14)24)31-10-9-25/h4-8,11-13,27H,3,10H2,1-2H3/b19-12-,26-22?. The summed E-state index contributed by atoms with van der Waals surface area (Å²) < 4.78 is 16.5. The van der Waals surface area contributed by atoms with Gasteiger partial charge < -0.3 is 19.3 Å². The molecule has 0 atom stereocenters. The molecule has 1 aliphatic rings. The highest BCUT2D eigenvalue weighted by Crippen LogP contribution is 2.42. The average molecular weight is 515 g/mol. The Labute approximate surface area is 198 Å². The molecule has 0 saturated carbocycles. The molecule has 2 aromatic rings. The van der Waals surface area contributed by atoms with Crippen molar-refractivity contribution < 1.29 is 24.1 Å². The van der Waals surface area contributed by atoms with Gasteiger partial charge in [0.25, 0.3) is 0 Å². The van der Waals surface area contributed by atoms with E-state index in [4.69, 9.17) is 19.5 Å². The Balaban J connectivity index is 2.05. The van der Waals surface area contributed by atoms with E-state index in [0.717, 1.165) is 11.8 Å². The zero-order valence-corrected chi connectivity index (χ0v) is 19.7. The fraction of sp³-hybridized carbons (Fsp3) is 0.174. The SMILES string of the molecule is CCOC(=O)C1=C(O)/C(=C/c2cc(OC)c(OCC#N)cc2Br)SC1=Nc1ccccc1. The van der Waals surface area contributed by atoms with E-state index >= 15 is 0 Å². The monoisotopic (exact) mass is 514 g/mol. The Kier molecular flexibility index (Phi) is 7.98. The Morgan fingerprint density at radius 1 is 1.28 bits per heavy atom. The van der Waals surface area contributed by atoms with Crippen LogP contribution in [0.5, 0.6) is 11.5 Å². The van der Waals surface area contributed by atoms with E-state index in [9.17, 15) is 9.90 Å². The molecule has 0 radical (unpaired) electrons. The summed E-state index contributed by atoms with van der Waals surface area (Å²) in [5, 5.41) is 19.9. The molecular formula is C23H19BrN2O5S. The highest BCUT2D eigenvalue weighted by atomic mass is 79.9. The van der Waals surface area contributed by atoms with Crippen molar-refractivity contribution in [3.05, 3.63) is 68.7 Å². The zero-order chi connectivity index (χ0) is 23.1. The second-order valence-corrected chi connectivity index (χ2v) is 8.16. The molecular weight excluding hydrogens is 496 g/mol. The van der Waals surface area contributed by atoms with E-state index in [0.29, 0.717) is 37.2 Å². The summed E-state index contributed by atoms with van der Waals surface area (Å²) in [4.78, 5) is 17.5. The van der Waals surface area contributed by atoms with Crippen molar-refractivity contribution in [2.45, 2.75) is 6.92 Å². The second kappa shape index (κ2) is 10.9. The van der Waals surface area contributed by atoms with Crippen molar-refractivity contribution in [3.8, 4) is 17.6 Å². The Morgan fingerprint density at radius 3 is 2.69 bits per heavy atom. The molecule has 0 fully saturated rings. The molecule has 164 valence electrons. The first-order valence-electron chi connectivity index (χ1n) is 9.50. The number of para-hydroxylation sites is 1. The van der Waals surface area contributed by atoms with Gasteiger partial charge in [-0.2, -0.15) is 5.26 Å². The Hall–Kier alpha value is -3.22. The van der Waals surface area contributed by atoms with Gasteiger partial charge in [-0.3, -0.25) is 0 Å². The number of ether oxygens (including phenoxy) is 3. The van der Waals surface area contributed by atoms with Gasteiger partial charge in [-0.25, -0.2) is 9.79 Å². The number of carbonyl (C=O) groups is 1. The van der Waals surface area contributed by atoms with Gasteiger partial charge in [-0.05, 0) is 42.8 Å². The average Bonchev–Trinajstić information content (AvgIpc) is 3.09. The molecule has 0 spiro atoms. The number of nitriles is 1. The van der Waals surface area contributed by atoms with Crippen LogP contribution in [0, 0.1) is 11.3 Å². The smallest absolute Gasteiger partial charge is 0.344 e. The van der Waals surface area contributed by atoms with Crippen LogP contribution in [0.15, 0.2) is 68.2 Å². The van der Waals surface area contributed by atoms with Gasteiger partial charge in [-0.15, -0.1) is 0 Å². The first-order chi connectivity index (χ1) is 15.5. The number of carbonyl (C=O) groups excluding carboxylic acids is 1. The summed E-state index contributed by atoms with van der Waals surface area (Å²) in [6, 6.07) is 14.4. The van der Waals surface area contributed by atoms with Crippen LogP contribution < -0.4 is 9.47 Å². The van der Waals surface area contributed by atoms with Crippen LogP contribution >= 0.6 is 27.7 Å². The molecule has 1 aliphatic heterocycles. The quantitative estimate of drug-likeness (QED) is 0.483. The molecule has 1 N–H and O–H groups in total. The first kappa shape index (κ1) is 23.4. The van der Waals surface area contributed by atoms with Gasteiger partial charge in [-0.1, -0.05) is 45.9 Å². The highest BCUT2D eigenvalue weighted by molar-refractivity contribution is 9.10. The molecule has 0 bridgehead atoms. The predicted octanol–water partition coefficient (Wildman–Crippen LogP) is 5.55. The van der Waals surface area contributed by atoms with Gasteiger partial charge in [0, 0.05) is 4.47 Å². The summed E-state index contributed by atoms with van der Waals surface area (Å²) in [5.41, 5.74) is 1.33. The third kappa shape index (κ3) is 5.33. The van der Waals surface area contributed by atoms with E-state index in [1.807, 2.05) is 24.3 Å². The highest BCUT2D eigenvalue weighted by Gasteiger charge is 2.33. The second-order valence-electron chi connectivity index (χ2n) is 6.28. The van der Waals surface area contributed by atoms with Gasteiger partial charge in [0.1, 0.15) is 22.4 Å². The minimum Gasteiger partial charge on any atom is -0.506 e. The fourth-order valence-electron chi connectivity index (χ4n) is 2.80. The third-order valence-corrected chi connectivity index (χ3v) is 5.93. The minimum atomic E-state index is -0.646. The topological polar surface area (TPSA) is 101 Å². The summed E-state index contributed by atoms with van der Waals surface area (Å²) in [7, 11) is 1.49. The molecule has 0 aliphatic carbocycles. The van der Waals surface area contributed by atoms with Crippen LogP contribution in [-0.4, -0.2) is 36.4 Å². The number of benzene rings is 2. The number of aliphatic imine (C=N–C) groups is 1. The van der Waals surface area contributed by atoms with Crippen LogP contribution in [0.4, 0.5) is 5.69 Å². The van der Waals surface area contributed by atoms with E-state index in [1.54, 1.807) is 37.3 Å². The summed E-state index contributed by atoms with van der Waals surface area (Å²) in [5.74, 6) is -0.0303. The lowest BCUT2D eigenvalue weighted by Crippen LogP contribution is -2.12. The van der Waals surface area contributed by atoms with Gasteiger partial charge in [0.15, 0.2) is 18.1 Å². The number of esters is 1. The van der Waals surface area contributed by atoms with Crippen molar-refractivity contribution in [2.75, 3.05) is 20.3 Å². The van der Waals surface area contributed by atoms with Gasteiger partial charge >= 0.3 is 5.97 Å². The van der Waals surface area contributed by atoms with E-state index in [2.05, 4.69) is 20.9 Å². The number of halogens is 1. The Morgan fingerprint density at radius 2 is 2.03 bits per heavy atom. The van der Waals surface area contributed by atoms with Crippen LogP contribution in [0.2, 0.25) is 0 Å². The van der Waals surface area contributed by atoms with Crippen molar-refractivity contribution in [1.82, 2.24) is 0 Å². The van der Waals surface area contributed by atoms with E-state index in [-0.39, 0.29) is 24.5 Å². The van der Waals surface area contributed by atoms with Crippen molar-refractivity contribution in [2.24, 2.45) is 4.99 Å². The molecule has 7 nitrogen and oxygen atoms in total. The van der Waals surface area contributed by atoms with Crippen LogP contribution in [0.25, 0.3) is 6.08 Å². The van der Waals surface area contributed by atoms with E-state index < -0.39 is 5.97 Å². The number of aliphatic hydroxyl groups excluding tert-OH is 1. The number of hydrogen-bond acceptors (Lipinski definition) is 8. The Bertz CT molecular complexity index is 1150. The van der Waals surface area contributed by atoms with Gasteiger partial charge in [0.2, 0.25) is 0 Å². The molecule has 9 heteroatoms. The lowest BCUT2D eigenvalue weighted by Gasteiger charge is -2.11. The molecule has 0 aromatic heterocycles. The molecule has 2 aromatic carbocycles. The molecule has 0 unspecified atom stereocenters. The summed E-state index contributed by atoms with van der Waals surface area (Å²) in [6.07, 6.45) is 1.70. The van der Waals surface area contributed by atoms with Crippen molar-refractivity contribution in [3.63, 3.8) is 0 Å². The zero-order valence-electron chi connectivity index (χ0n) is 17.3. The first-order valence-corrected chi connectivity index (χ1v) is 11.1. The number of hydrogen-bond donors (Lipinski definition) is 1. The van der Waals surface area contributed by atoms with Gasteiger partial charge in [0.05, 0.1) is 24.3 Å². The number of thioether (sulfide) groups is 1. The fourth-order valence-corrected chi connectivity index (χ4v) is 4.26. The normalized spacial score (nSPS) is 15.7. The predicted molar refractivity (Wildman–Crippen MR) is 127 cm³/mol. The summed E-state index contributed by atoms with van der Waals surface area (Å²) >= 11 is 4.64. The molecule has 32 heavy (non-hydrogen) atoms. The molecule has 3 rings (SSSR count). The lowest BCUT2D eigenvalue weighted by molar-refractivity contribution is -0.138. The van der Waals surface area contributed by atoms with Crippen molar-refractivity contribution in [1.29, 1.82) is 5.26 Å². The lowest BCUT2D eigenvalue weighted by atomic mass is 10.1. The maximum absolute atomic E-state index is 12.5. The number of nitrogens with zero attached hydrogens (tertiary/aromatic N) is 2. The number of aliphatic hydroxyl groups is 1. The minimum absolute atomic E-state index is 0.0176. The maximum Gasteiger partial charge on any atom is 0.344 e. The molecule has 1 heterocycles. The third-order valence-electron chi connectivity index (χ3n) is 4.22. The van der Waals surface area contributed by atoms with Crippen LogP contribution in [-0.2, 0) is 9.53 Å². The molecule has 0 amide bonds. The maximum atomic E-state index is 12.5. The van der Waals surface area contributed by atoms with Crippen LogP contribution in [0.3, 0.4) is 0 Å². The largest absolute Gasteiger partial charge is 0.506 e. The van der Waals surface area contributed by atoms with Crippen LogP contribution in [0.1, 0.15) is 12.5 Å². The van der Waals surface area contributed by atoms with Crippen molar-refractivity contribution >= 4 is 50.5 Å². The summed E-state index contributed by atoms with van der Waals surface area (Å²) in [6.45, 7) is 1.75.